The Labute approximate surface area is 102 Å². The maximum Gasteiger partial charge on any atom is 0.221 e. The Bertz CT molecular complexity index is 386. The molecular formula is C12H20N4O. The zero-order valence-corrected chi connectivity index (χ0v) is 10.7. The molecule has 1 fully saturated rings. The summed E-state index contributed by atoms with van der Waals surface area (Å²) < 4.78 is 5.48. The molecule has 0 aliphatic carbocycles. The van der Waals surface area contributed by atoms with E-state index in [0.717, 1.165) is 24.5 Å². The molecule has 0 saturated carbocycles. The molecule has 1 aromatic heterocycles. The molecule has 1 aliphatic heterocycles. The van der Waals surface area contributed by atoms with Crippen molar-refractivity contribution in [2.24, 2.45) is 11.7 Å². The van der Waals surface area contributed by atoms with Crippen LogP contribution in [0.3, 0.4) is 0 Å². The molecule has 0 amide bonds. The van der Waals surface area contributed by atoms with Gasteiger partial charge >= 0.3 is 0 Å². The van der Waals surface area contributed by atoms with E-state index < -0.39 is 0 Å². The Morgan fingerprint density at radius 3 is 2.82 bits per heavy atom. The topological polar surface area (TPSA) is 64.3 Å². The summed E-state index contributed by atoms with van der Waals surface area (Å²) in [5.74, 6) is 2.12. The van der Waals surface area contributed by atoms with Crippen LogP contribution in [0.25, 0.3) is 0 Å². The first-order chi connectivity index (χ1) is 8.13. The van der Waals surface area contributed by atoms with E-state index in [-0.39, 0.29) is 6.04 Å². The minimum absolute atomic E-state index is 0.222. The minimum Gasteiger partial charge on any atom is -0.478 e. The fraction of sp³-hybridized carbons (Fsp3) is 0.667. The molecular weight excluding hydrogens is 216 g/mol. The quantitative estimate of drug-likeness (QED) is 0.847. The van der Waals surface area contributed by atoms with Crippen LogP contribution in [0.5, 0.6) is 5.88 Å². The second kappa shape index (κ2) is 4.87. The molecule has 2 N–H and O–H groups in total. The van der Waals surface area contributed by atoms with Crippen LogP contribution in [0, 0.1) is 12.8 Å². The molecule has 1 aromatic rings. The smallest absolute Gasteiger partial charge is 0.221 e. The van der Waals surface area contributed by atoms with Gasteiger partial charge in [-0.2, -0.15) is 0 Å². The summed E-state index contributed by atoms with van der Waals surface area (Å²) in [6, 6.07) is 0.222. The van der Waals surface area contributed by atoms with Gasteiger partial charge in [0.25, 0.3) is 0 Å². The number of nitrogens with two attached hydrogens (primary N) is 1. The van der Waals surface area contributed by atoms with Gasteiger partial charge in [-0.05, 0) is 19.8 Å². The zero-order valence-electron chi connectivity index (χ0n) is 10.7. The molecule has 17 heavy (non-hydrogen) atoms. The normalized spacial score (nSPS) is 24.1. The van der Waals surface area contributed by atoms with Crippen LogP contribution in [0.15, 0.2) is 6.33 Å². The van der Waals surface area contributed by atoms with Gasteiger partial charge in [0.15, 0.2) is 0 Å². The molecule has 2 atom stereocenters. The Hall–Kier alpha value is -1.36. The van der Waals surface area contributed by atoms with Crippen molar-refractivity contribution in [2.45, 2.75) is 26.8 Å². The molecule has 2 unspecified atom stereocenters. The third kappa shape index (κ3) is 2.34. The van der Waals surface area contributed by atoms with Crippen molar-refractivity contribution in [1.82, 2.24) is 9.97 Å². The van der Waals surface area contributed by atoms with Gasteiger partial charge in [-0.1, -0.05) is 6.92 Å². The molecule has 5 nitrogen and oxygen atoms in total. The summed E-state index contributed by atoms with van der Waals surface area (Å²) >= 11 is 0. The predicted octanol–water partition coefficient (Wildman–Crippen LogP) is 0.967. The number of rotatable bonds is 3. The second-order valence-electron chi connectivity index (χ2n) is 4.61. The highest BCUT2D eigenvalue weighted by Crippen LogP contribution is 2.27. The fourth-order valence-electron chi connectivity index (χ4n) is 2.19. The average Bonchev–Trinajstić information content (AvgIpc) is 2.62. The SMILES string of the molecule is CCOc1ncnc(N2CC(C)C(N)C2)c1C. The number of anilines is 1. The Balaban J connectivity index is 2.24. The number of nitrogens with zero attached hydrogens (tertiary/aromatic N) is 3. The van der Waals surface area contributed by atoms with Gasteiger partial charge in [0.1, 0.15) is 12.1 Å². The Morgan fingerprint density at radius 1 is 1.47 bits per heavy atom. The monoisotopic (exact) mass is 236 g/mol. The van der Waals surface area contributed by atoms with Crippen LogP contribution in [-0.2, 0) is 0 Å². The van der Waals surface area contributed by atoms with Gasteiger partial charge in [-0.3, -0.25) is 0 Å². The number of ether oxygens (including phenoxy) is 1. The van der Waals surface area contributed by atoms with E-state index in [1.54, 1.807) is 6.33 Å². The Morgan fingerprint density at radius 2 is 2.24 bits per heavy atom. The Kier molecular flexibility index (Phi) is 3.47. The lowest BCUT2D eigenvalue weighted by Crippen LogP contribution is -2.29. The first kappa shape index (κ1) is 12.1. The van der Waals surface area contributed by atoms with Gasteiger partial charge in [0, 0.05) is 19.1 Å². The van der Waals surface area contributed by atoms with Gasteiger partial charge in [0.05, 0.1) is 12.2 Å². The molecule has 94 valence electrons. The molecule has 0 aromatic carbocycles. The van der Waals surface area contributed by atoms with Crippen LogP contribution in [0.4, 0.5) is 5.82 Å². The van der Waals surface area contributed by atoms with E-state index in [1.807, 2.05) is 13.8 Å². The predicted molar refractivity (Wildman–Crippen MR) is 67.3 cm³/mol. The van der Waals surface area contributed by atoms with E-state index in [0.29, 0.717) is 18.4 Å². The summed E-state index contributed by atoms with van der Waals surface area (Å²) in [6.45, 7) is 8.54. The summed E-state index contributed by atoms with van der Waals surface area (Å²) in [4.78, 5) is 10.7. The molecule has 5 heteroatoms. The molecule has 0 bridgehead atoms. The summed E-state index contributed by atoms with van der Waals surface area (Å²) in [5.41, 5.74) is 7.03. The van der Waals surface area contributed by atoms with Gasteiger partial charge in [-0.25, -0.2) is 9.97 Å². The summed E-state index contributed by atoms with van der Waals surface area (Å²) in [7, 11) is 0. The third-order valence-electron chi connectivity index (χ3n) is 3.26. The van der Waals surface area contributed by atoms with Crippen molar-refractivity contribution in [3.05, 3.63) is 11.9 Å². The van der Waals surface area contributed by atoms with Crippen molar-refractivity contribution < 1.29 is 4.74 Å². The van der Waals surface area contributed by atoms with E-state index in [9.17, 15) is 0 Å². The van der Waals surface area contributed by atoms with Crippen LogP contribution in [0.1, 0.15) is 19.4 Å². The lowest BCUT2D eigenvalue weighted by Gasteiger charge is -2.20. The average molecular weight is 236 g/mol. The van der Waals surface area contributed by atoms with Crippen molar-refractivity contribution in [1.29, 1.82) is 0 Å². The lowest BCUT2D eigenvalue weighted by molar-refractivity contribution is 0.323. The first-order valence-electron chi connectivity index (χ1n) is 6.08. The molecule has 2 rings (SSSR count). The standard InChI is InChI=1S/C12H20N4O/c1-4-17-12-9(3)11(14-7-15-12)16-5-8(2)10(13)6-16/h7-8,10H,4-6,13H2,1-3H3. The second-order valence-corrected chi connectivity index (χ2v) is 4.61. The maximum atomic E-state index is 6.04. The lowest BCUT2D eigenvalue weighted by atomic mass is 10.1. The highest BCUT2D eigenvalue weighted by molar-refractivity contribution is 5.51. The van der Waals surface area contributed by atoms with Crippen molar-refractivity contribution in [3.8, 4) is 5.88 Å². The van der Waals surface area contributed by atoms with E-state index in [1.165, 1.54) is 0 Å². The highest BCUT2D eigenvalue weighted by Gasteiger charge is 2.28. The minimum atomic E-state index is 0.222. The van der Waals surface area contributed by atoms with Crippen LogP contribution < -0.4 is 15.4 Å². The van der Waals surface area contributed by atoms with Crippen LogP contribution in [-0.4, -0.2) is 35.7 Å². The van der Waals surface area contributed by atoms with Gasteiger partial charge in [-0.15, -0.1) is 0 Å². The van der Waals surface area contributed by atoms with Crippen LogP contribution >= 0.6 is 0 Å². The number of hydrogen-bond acceptors (Lipinski definition) is 5. The fourth-order valence-corrected chi connectivity index (χ4v) is 2.19. The maximum absolute atomic E-state index is 6.04. The number of hydrogen-bond donors (Lipinski definition) is 1. The molecule has 0 spiro atoms. The van der Waals surface area contributed by atoms with Crippen molar-refractivity contribution >= 4 is 5.82 Å². The first-order valence-corrected chi connectivity index (χ1v) is 6.08. The largest absolute Gasteiger partial charge is 0.478 e. The van der Waals surface area contributed by atoms with Gasteiger partial charge < -0.3 is 15.4 Å². The molecule has 1 aliphatic rings. The molecule has 2 heterocycles. The van der Waals surface area contributed by atoms with E-state index in [2.05, 4.69) is 21.8 Å². The third-order valence-corrected chi connectivity index (χ3v) is 3.26. The zero-order chi connectivity index (χ0) is 12.4. The van der Waals surface area contributed by atoms with Crippen molar-refractivity contribution in [2.75, 3.05) is 24.6 Å². The molecule has 0 radical (unpaired) electrons. The van der Waals surface area contributed by atoms with Gasteiger partial charge in [0.2, 0.25) is 5.88 Å². The molecule has 1 saturated heterocycles. The van der Waals surface area contributed by atoms with Crippen LogP contribution in [0.2, 0.25) is 0 Å². The highest BCUT2D eigenvalue weighted by atomic mass is 16.5. The van der Waals surface area contributed by atoms with Crippen molar-refractivity contribution in [3.63, 3.8) is 0 Å². The number of aromatic nitrogens is 2. The summed E-state index contributed by atoms with van der Waals surface area (Å²) in [6.07, 6.45) is 1.56. The van der Waals surface area contributed by atoms with E-state index >= 15 is 0 Å². The van der Waals surface area contributed by atoms with E-state index in [4.69, 9.17) is 10.5 Å². The summed E-state index contributed by atoms with van der Waals surface area (Å²) in [5, 5.41) is 0.